The van der Waals surface area contributed by atoms with Crippen LogP contribution in [0.1, 0.15) is 23.5 Å². The molecule has 160 valence electrons. The van der Waals surface area contributed by atoms with Crippen LogP contribution in [-0.2, 0) is 17.8 Å². The van der Waals surface area contributed by atoms with Gasteiger partial charge in [-0.2, -0.15) is 0 Å². The number of benzene rings is 2. The zero-order valence-electron chi connectivity index (χ0n) is 17.5. The number of rotatable bonds is 9. The molecule has 0 unspecified atom stereocenters. The van der Waals surface area contributed by atoms with Crippen LogP contribution in [0.4, 0.5) is 0 Å². The first-order chi connectivity index (χ1) is 15.1. The maximum atomic E-state index is 12.7. The van der Waals surface area contributed by atoms with Gasteiger partial charge < -0.3 is 19.6 Å². The maximum absolute atomic E-state index is 12.7. The molecule has 1 amide bonds. The highest BCUT2D eigenvalue weighted by Crippen LogP contribution is 2.25. The van der Waals surface area contributed by atoms with Crippen molar-refractivity contribution in [3.05, 3.63) is 89.3 Å². The molecule has 0 saturated heterocycles. The number of H-pyrrole nitrogens is 1. The number of nitrogens with one attached hydrogen (secondary N) is 2. The predicted octanol–water partition coefficient (Wildman–Crippen LogP) is 5.16. The number of nitrogens with zero attached hydrogens (tertiary/aromatic N) is 1. The summed E-state index contributed by atoms with van der Waals surface area (Å²) in [5.41, 5.74) is 3.34. The molecule has 2 N–H and O–H groups in total. The summed E-state index contributed by atoms with van der Waals surface area (Å²) >= 11 is 6.05. The Morgan fingerprint density at radius 1 is 1.16 bits per heavy atom. The van der Waals surface area contributed by atoms with Crippen LogP contribution in [0.3, 0.4) is 0 Å². The molecule has 0 bridgehead atoms. The van der Waals surface area contributed by atoms with Crippen molar-refractivity contribution in [3.63, 3.8) is 0 Å². The van der Waals surface area contributed by atoms with Gasteiger partial charge in [0.2, 0.25) is 5.91 Å². The first-order valence-electron chi connectivity index (χ1n) is 10.4. The smallest absolute Gasteiger partial charge is 0.220 e. The summed E-state index contributed by atoms with van der Waals surface area (Å²) in [7, 11) is 1.67. The molecular weight excluding hydrogens is 410 g/mol. The molecular formula is C25H26ClN3O2. The van der Waals surface area contributed by atoms with Crippen LogP contribution in [0, 0.1) is 0 Å². The third-order valence-electron chi connectivity index (χ3n) is 5.56. The first kappa shape index (κ1) is 21.1. The van der Waals surface area contributed by atoms with Gasteiger partial charge >= 0.3 is 0 Å². The van der Waals surface area contributed by atoms with E-state index in [2.05, 4.69) is 14.9 Å². The molecule has 2 heterocycles. The Hall–Kier alpha value is -3.18. The highest BCUT2D eigenvalue weighted by molar-refractivity contribution is 6.30. The Balaban J connectivity index is 1.38. The minimum Gasteiger partial charge on any atom is -0.497 e. The number of carbonyl (C=O) groups excluding carboxylic acids is 1. The van der Waals surface area contributed by atoms with Gasteiger partial charge in [0.25, 0.3) is 0 Å². The van der Waals surface area contributed by atoms with Crippen molar-refractivity contribution in [1.29, 1.82) is 0 Å². The van der Waals surface area contributed by atoms with Crippen molar-refractivity contribution in [3.8, 4) is 5.75 Å². The van der Waals surface area contributed by atoms with Crippen molar-refractivity contribution in [2.24, 2.45) is 0 Å². The van der Waals surface area contributed by atoms with Gasteiger partial charge in [0.1, 0.15) is 5.75 Å². The number of hydrogen-bond donors (Lipinski definition) is 2. The minimum atomic E-state index is 0.0459. The van der Waals surface area contributed by atoms with E-state index >= 15 is 0 Å². The molecule has 4 aromatic rings. The second kappa shape index (κ2) is 9.75. The Labute approximate surface area is 187 Å². The first-order valence-corrected chi connectivity index (χ1v) is 10.8. The van der Waals surface area contributed by atoms with Gasteiger partial charge in [0.05, 0.1) is 7.11 Å². The van der Waals surface area contributed by atoms with Gasteiger partial charge in [-0.05, 0) is 60.0 Å². The molecule has 1 atom stereocenters. The fourth-order valence-electron chi connectivity index (χ4n) is 3.89. The molecule has 2 aromatic carbocycles. The molecule has 31 heavy (non-hydrogen) atoms. The van der Waals surface area contributed by atoms with Crippen LogP contribution in [0.5, 0.6) is 5.75 Å². The van der Waals surface area contributed by atoms with Gasteiger partial charge in [0.15, 0.2) is 0 Å². The Bertz CT molecular complexity index is 1130. The zero-order chi connectivity index (χ0) is 21.6. The summed E-state index contributed by atoms with van der Waals surface area (Å²) in [5, 5.41) is 4.91. The van der Waals surface area contributed by atoms with E-state index in [-0.39, 0.29) is 11.8 Å². The molecule has 0 fully saturated rings. The van der Waals surface area contributed by atoms with Crippen LogP contribution in [0.25, 0.3) is 10.9 Å². The van der Waals surface area contributed by atoms with Gasteiger partial charge in [-0.15, -0.1) is 0 Å². The summed E-state index contributed by atoms with van der Waals surface area (Å²) < 4.78 is 7.43. The lowest BCUT2D eigenvalue weighted by atomic mass is 9.95. The van der Waals surface area contributed by atoms with E-state index < -0.39 is 0 Å². The van der Waals surface area contributed by atoms with Crippen LogP contribution >= 0.6 is 11.6 Å². The van der Waals surface area contributed by atoms with E-state index in [0.29, 0.717) is 18.0 Å². The number of fused-ring (bicyclic) bond motifs is 1. The van der Waals surface area contributed by atoms with E-state index in [1.807, 2.05) is 73.2 Å². The Morgan fingerprint density at radius 3 is 2.68 bits per heavy atom. The molecule has 4 rings (SSSR count). The standard InChI is InChI=1S/C25H26ClN3O2/c1-31-22-8-9-24-23(15-22)19(16-28-24)10-11-27-25(30)14-20(17-29-12-2-3-13-29)18-4-6-21(26)7-5-18/h2-9,12-13,15-16,20,28H,10-11,14,17H2,1H3,(H,27,30)/t20-/m1/s1. The predicted molar refractivity (Wildman–Crippen MR) is 125 cm³/mol. The average Bonchev–Trinajstić information content (AvgIpc) is 3.43. The lowest BCUT2D eigenvalue weighted by Gasteiger charge is -2.18. The van der Waals surface area contributed by atoms with Gasteiger partial charge in [0, 0.05) is 59.9 Å². The van der Waals surface area contributed by atoms with Crippen molar-refractivity contribution in [2.45, 2.75) is 25.3 Å². The van der Waals surface area contributed by atoms with Crippen molar-refractivity contribution >= 4 is 28.4 Å². The third-order valence-corrected chi connectivity index (χ3v) is 5.81. The van der Waals surface area contributed by atoms with Gasteiger partial charge in [-0.25, -0.2) is 0 Å². The highest BCUT2D eigenvalue weighted by Gasteiger charge is 2.17. The minimum absolute atomic E-state index is 0.0459. The number of halogens is 1. The second-order valence-corrected chi connectivity index (χ2v) is 8.09. The highest BCUT2D eigenvalue weighted by atomic mass is 35.5. The summed E-state index contributed by atoms with van der Waals surface area (Å²) in [5.74, 6) is 0.944. The van der Waals surface area contributed by atoms with Crippen molar-refractivity contribution in [2.75, 3.05) is 13.7 Å². The average molecular weight is 436 g/mol. The Morgan fingerprint density at radius 2 is 1.94 bits per heavy atom. The number of ether oxygens (including phenoxy) is 1. The lowest BCUT2D eigenvalue weighted by Crippen LogP contribution is -2.28. The number of hydrogen-bond acceptors (Lipinski definition) is 2. The summed E-state index contributed by atoms with van der Waals surface area (Å²) in [4.78, 5) is 16.0. The SMILES string of the molecule is COc1ccc2[nH]cc(CCNC(=O)C[C@H](Cn3cccc3)c3ccc(Cl)cc3)c2c1. The van der Waals surface area contributed by atoms with E-state index in [1.165, 1.54) is 0 Å². The topological polar surface area (TPSA) is 59.0 Å². The van der Waals surface area contributed by atoms with Gasteiger partial charge in [-0.1, -0.05) is 23.7 Å². The van der Waals surface area contributed by atoms with Crippen LogP contribution in [0.15, 0.2) is 73.2 Å². The number of methoxy groups -OCH3 is 1. The maximum Gasteiger partial charge on any atom is 0.220 e. The largest absolute Gasteiger partial charge is 0.497 e. The van der Waals surface area contributed by atoms with Crippen LogP contribution < -0.4 is 10.1 Å². The summed E-state index contributed by atoms with van der Waals surface area (Å²) in [6, 6.07) is 17.7. The molecule has 5 nitrogen and oxygen atoms in total. The van der Waals surface area contributed by atoms with E-state index in [0.717, 1.165) is 40.7 Å². The molecule has 0 aliphatic carbocycles. The Kier molecular flexibility index (Phi) is 6.63. The molecule has 0 radical (unpaired) electrons. The van der Waals surface area contributed by atoms with E-state index in [9.17, 15) is 4.79 Å². The molecule has 0 aliphatic rings. The normalized spacial score (nSPS) is 12.1. The number of aromatic amines is 1. The van der Waals surface area contributed by atoms with Crippen LogP contribution in [0.2, 0.25) is 5.02 Å². The fourth-order valence-corrected chi connectivity index (χ4v) is 4.02. The summed E-state index contributed by atoms with van der Waals surface area (Å²) in [6.07, 6.45) is 7.21. The number of carbonyl (C=O) groups is 1. The third kappa shape index (κ3) is 5.30. The zero-order valence-corrected chi connectivity index (χ0v) is 18.2. The molecule has 0 saturated carbocycles. The summed E-state index contributed by atoms with van der Waals surface area (Å²) in [6.45, 7) is 1.32. The molecule has 6 heteroatoms. The van der Waals surface area contributed by atoms with E-state index in [1.54, 1.807) is 7.11 Å². The fraction of sp³-hybridized carbons (Fsp3) is 0.240. The van der Waals surface area contributed by atoms with E-state index in [4.69, 9.17) is 16.3 Å². The van der Waals surface area contributed by atoms with Gasteiger partial charge in [-0.3, -0.25) is 4.79 Å². The second-order valence-electron chi connectivity index (χ2n) is 7.66. The van der Waals surface area contributed by atoms with Crippen molar-refractivity contribution in [1.82, 2.24) is 14.9 Å². The quantitative estimate of drug-likeness (QED) is 0.381. The lowest BCUT2D eigenvalue weighted by molar-refractivity contribution is -0.121. The molecule has 0 spiro atoms. The van der Waals surface area contributed by atoms with Crippen molar-refractivity contribution < 1.29 is 9.53 Å². The molecule has 2 aromatic heterocycles. The monoisotopic (exact) mass is 435 g/mol. The number of aromatic nitrogens is 2. The molecule has 0 aliphatic heterocycles. The number of amides is 1. The van der Waals surface area contributed by atoms with Crippen LogP contribution in [-0.4, -0.2) is 29.1 Å².